The molecule has 20 heavy (non-hydrogen) atoms. The third-order valence-corrected chi connectivity index (χ3v) is 4.90. The zero-order valence-electron chi connectivity index (χ0n) is 11.6. The van der Waals surface area contributed by atoms with Gasteiger partial charge in [-0.2, -0.15) is 4.31 Å². The van der Waals surface area contributed by atoms with Gasteiger partial charge in [0.15, 0.2) is 0 Å². The molecule has 0 aliphatic rings. The second-order valence-electron chi connectivity index (χ2n) is 4.66. The van der Waals surface area contributed by atoms with Crippen LogP contribution in [0.25, 0.3) is 0 Å². The van der Waals surface area contributed by atoms with Crippen LogP contribution in [0.15, 0.2) is 23.1 Å². The molecule has 0 amide bonds. The lowest BCUT2D eigenvalue weighted by atomic mass is 10.2. The van der Waals surface area contributed by atoms with Crippen LogP contribution in [-0.2, 0) is 10.0 Å². The van der Waals surface area contributed by atoms with E-state index in [2.05, 4.69) is 0 Å². The monoisotopic (exact) mass is 303 g/mol. The summed E-state index contributed by atoms with van der Waals surface area (Å²) in [5, 5.41) is 9.06. The number of carboxylic acids is 1. The van der Waals surface area contributed by atoms with Crippen molar-refractivity contribution in [2.45, 2.75) is 38.1 Å². The quantitative estimate of drug-likeness (QED) is 0.875. The van der Waals surface area contributed by atoms with E-state index in [0.29, 0.717) is 6.42 Å². The first-order valence-corrected chi connectivity index (χ1v) is 7.70. The molecule has 5 nitrogen and oxygen atoms in total. The second-order valence-corrected chi connectivity index (χ2v) is 6.51. The van der Waals surface area contributed by atoms with Crippen LogP contribution in [-0.4, -0.2) is 36.4 Å². The highest BCUT2D eigenvalue weighted by Gasteiger charge is 2.30. The van der Waals surface area contributed by atoms with Crippen LogP contribution < -0.4 is 0 Å². The van der Waals surface area contributed by atoms with Crippen LogP contribution >= 0.6 is 0 Å². The van der Waals surface area contributed by atoms with Crippen molar-refractivity contribution in [1.29, 1.82) is 0 Å². The van der Waals surface area contributed by atoms with Gasteiger partial charge in [0.25, 0.3) is 0 Å². The summed E-state index contributed by atoms with van der Waals surface area (Å²) in [6.45, 7) is 5.43. The van der Waals surface area contributed by atoms with E-state index in [0.717, 1.165) is 18.2 Å². The van der Waals surface area contributed by atoms with Crippen molar-refractivity contribution in [1.82, 2.24) is 4.31 Å². The smallest absolute Gasteiger partial charge is 0.337 e. The molecular weight excluding hydrogens is 285 g/mol. The molecule has 0 saturated carbocycles. The molecule has 0 saturated heterocycles. The Labute approximate surface area is 118 Å². The third kappa shape index (κ3) is 3.34. The van der Waals surface area contributed by atoms with Crippen molar-refractivity contribution in [3.8, 4) is 0 Å². The fraction of sp³-hybridized carbons (Fsp3) is 0.462. The van der Waals surface area contributed by atoms with Crippen molar-refractivity contribution in [3.63, 3.8) is 0 Å². The Bertz CT molecular complexity index is 598. The first-order valence-electron chi connectivity index (χ1n) is 6.26. The van der Waals surface area contributed by atoms with Crippen LogP contribution in [0.3, 0.4) is 0 Å². The highest BCUT2D eigenvalue weighted by Crippen LogP contribution is 2.23. The Kier molecular flexibility index (Phi) is 5.24. The van der Waals surface area contributed by atoms with Gasteiger partial charge in [0.2, 0.25) is 10.0 Å². The molecule has 7 heteroatoms. The summed E-state index contributed by atoms with van der Waals surface area (Å²) in [6.07, 6.45) is 0.579. The predicted octanol–water partition coefficient (Wildman–Crippen LogP) is 2.33. The molecule has 0 aliphatic heterocycles. The Morgan fingerprint density at radius 1 is 1.40 bits per heavy atom. The molecule has 0 fully saturated rings. The van der Waals surface area contributed by atoms with Gasteiger partial charge in [0.1, 0.15) is 5.82 Å². The topological polar surface area (TPSA) is 74.7 Å². The number of carboxylic acid groups (broad SMARTS) is 1. The van der Waals surface area contributed by atoms with E-state index in [1.165, 1.54) is 4.31 Å². The third-order valence-electron chi connectivity index (χ3n) is 2.78. The number of sulfonamides is 1. The zero-order chi connectivity index (χ0) is 15.5. The Morgan fingerprint density at radius 3 is 2.45 bits per heavy atom. The molecule has 0 heterocycles. The Morgan fingerprint density at radius 2 is 2.00 bits per heavy atom. The molecule has 1 N–H and O–H groups in total. The maximum absolute atomic E-state index is 13.3. The summed E-state index contributed by atoms with van der Waals surface area (Å²) < 4.78 is 39.6. The highest BCUT2D eigenvalue weighted by atomic mass is 32.2. The van der Waals surface area contributed by atoms with E-state index in [1.807, 2.05) is 6.92 Å². The number of rotatable bonds is 6. The normalized spacial score (nSPS) is 12.1. The van der Waals surface area contributed by atoms with E-state index in [4.69, 9.17) is 5.11 Å². The maximum atomic E-state index is 13.3. The van der Waals surface area contributed by atoms with Gasteiger partial charge in [-0.3, -0.25) is 0 Å². The molecule has 0 unspecified atom stereocenters. The summed E-state index contributed by atoms with van der Waals surface area (Å²) in [5.74, 6) is -2.18. The van der Waals surface area contributed by atoms with Crippen molar-refractivity contribution in [3.05, 3.63) is 29.6 Å². The van der Waals surface area contributed by atoms with Crippen LogP contribution in [0.1, 0.15) is 37.6 Å². The van der Waals surface area contributed by atoms with Gasteiger partial charge < -0.3 is 5.11 Å². The highest BCUT2D eigenvalue weighted by molar-refractivity contribution is 7.89. The lowest BCUT2D eigenvalue weighted by Gasteiger charge is -2.26. The minimum absolute atomic E-state index is 0.246. The molecule has 112 valence electrons. The number of hydrogen-bond donors (Lipinski definition) is 1. The van der Waals surface area contributed by atoms with Crippen LogP contribution in [0.2, 0.25) is 0 Å². The van der Waals surface area contributed by atoms with Crippen LogP contribution in [0.5, 0.6) is 0 Å². The van der Waals surface area contributed by atoms with Gasteiger partial charge in [-0.1, -0.05) is 6.92 Å². The second kappa shape index (κ2) is 6.32. The van der Waals surface area contributed by atoms with Crippen molar-refractivity contribution < 1.29 is 22.7 Å². The lowest BCUT2D eigenvalue weighted by molar-refractivity contribution is 0.0692. The average Bonchev–Trinajstić information content (AvgIpc) is 2.34. The van der Waals surface area contributed by atoms with Crippen molar-refractivity contribution in [2.75, 3.05) is 6.54 Å². The van der Waals surface area contributed by atoms with Crippen molar-refractivity contribution in [2.24, 2.45) is 0 Å². The van der Waals surface area contributed by atoms with Crippen LogP contribution in [0, 0.1) is 5.82 Å². The fourth-order valence-electron chi connectivity index (χ4n) is 1.89. The van der Waals surface area contributed by atoms with Gasteiger partial charge in [0.05, 0.1) is 10.5 Å². The fourth-order valence-corrected chi connectivity index (χ4v) is 3.81. The van der Waals surface area contributed by atoms with E-state index < -0.39 is 32.3 Å². The van der Waals surface area contributed by atoms with E-state index in [1.54, 1.807) is 13.8 Å². The van der Waals surface area contributed by atoms with Gasteiger partial charge in [0, 0.05) is 12.6 Å². The minimum Gasteiger partial charge on any atom is -0.478 e. The first-order chi connectivity index (χ1) is 9.21. The van der Waals surface area contributed by atoms with E-state index in [-0.39, 0.29) is 12.6 Å². The lowest BCUT2D eigenvalue weighted by Crippen LogP contribution is -2.38. The summed E-state index contributed by atoms with van der Waals surface area (Å²) in [6, 6.07) is 2.31. The zero-order valence-corrected chi connectivity index (χ0v) is 12.4. The van der Waals surface area contributed by atoms with Crippen LogP contribution in [0.4, 0.5) is 4.39 Å². The Hall–Kier alpha value is -1.47. The van der Waals surface area contributed by atoms with Gasteiger partial charge >= 0.3 is 5.97 Å². The molecule has 0 radical (unpaired) electrons. The molecule has 0 spiro atoms. The van der Waals surface area contributed by atoms with E-state index >= 15 is 0 Å². The molecule has 1 aromatic carbocycles. The number of hydrogen-bond acceptors (Lipinski definition) is 3. The van der Waals surface area contributed by atoms with Gasteiger partial charge in [-0.05, 0) is 38.5 Å². The number of nitrogens with zero attached hydrogens (tertiary/aromatic N) is 1. The summed E-state index contributed by atoms with van der Waals surface area (Å²) >= 11 is 0. The molecular formula is C13H18FNO4S. The largest absolute Gasteiger partial charge is 0.478 e. The minimum atomic E-state index is -4.05. The molecule has 0 atom stereocenters. The molecule has 0 aromatic heterocycles. The summed E-state index contributed by atoms with van der Waals surface area (Å²) in [5.41, 5.74) is -0.423. The number of aromatic carboxylic acids is 1. The van der Waals surface area contributed by atoms with Gasteiger partial charge in [-0.15, -0.1) is 0 Å². The van der Waals surface area contributed by atoms with Crippen molar-refractivity contribution >= 4 is 16.0 Å². The maximum Gasteiger partial charge on any atom is 0.337 e. The summed E-state index contributed by atoms with van der Waals surface area (Å²) in [4.78, 5) is 10.6. The Balaban J connectivity index is 3.47. The molecule has 1 rings (SSSR count). The predicted molar refractivity (Wildman–Crippen MR) is 72.7 cm³/mol. The molecule has 1 aromatic rings. The first kappa shape index (κ1) is 16.6. The van der Waals surface area contributed by atoms with Gasteiger partial charge in [-0.25, -0.2) is 17.6 Å². The molecule has 0 bridgehead atoms. The number of benzene rings is 1. The number of halogens is 1. The summed E-state index contributed by atoms with van der Waals surface area (Å²) in [7, 11) is -4.05. The number of carbonyl (C=O) groups is 1. The standard InChI is InChI=1S/C13H18FNO4S/c1-4-7-15(9(2)3)20(18,19)12-8-10(14)5-6-11(12)13(16)17/h5-6,8-9H,4,7H2,1-3H3,(H,16,17). The van der Waals surface area contributed by atoms with E-state index in [9.17, 15) is 17.6 Å². The average molecular weight is 303 g/mol. The SMILES string of the molecule is CCCN(C(C)C)S(=O)(=O)c1cc(F)ccc1C(=O)O. The molecule has 0 aliphatic carbocycles.